The third kappa shape index (κ3) is 4.64. The van der Waals surface area contributed by atoms with E-state index in [1.807, 2.05) is 0 Å². The van der Waals surface area contributed by atoms with E-state index in [1.165, 1.54) is 12.1 Å². The number of rotatable bonds is 5. The number of non-ortho nitro benzene ring substituents is 1. The highest BCUT2D eigenvalue weighted by atomic mass is 32.1. The van der Waals surface area contributed by atoms with Crippen molar-refractivity contribution in [1.29, 1.82) is 0 Å². The van der Waals surface area contributed by atoms with Gasteiger partial charge in [0.2, 0.25) is 0 Å². The van der Waals surface area contributed by atoms with Gasteiger partial charge in [0.25, 0.3) is 5.69 Å². The smallest absolute Gasteiger partial charge is 0.269 e. The minimum absolute atomic E-state index is 0.0880. The van der Waals surface area contributed by atoms with Crippen molar-refractivity contribution in [3.8, 4) is 0 Å². The van der Waals surface area contributed by atoms with Crippen LogP contribution in [0.3, 0.4) is 0 Å². The van der Waals surface area contributed by atoms with Gasteiger partial charge in [0.15, 0.2) is 5.11 Å². The molecule has 0 saturated heterocycles. The van der Waals surface area contributed by atoms with Crippen LogP contribution >= 0.6 is 12.2 Å². The van der Waals surface area contributed by atoms with Gasteiger partial charge in [-0.15, -0.1) is 0 Å². The Morgan fingerprint density at radius 1 is 1.35 bits per heavy atom. The van der Waals surface area contributed by atoms with E-state index < -0.39 is 4.92 Å². The van der Waals surface area contributed by atoms with E-state index >= 15 is 0 Å². The van der Waals surface area contributed by atoms with Crippen LogP contribution in [0, 0.1) is 10.1 Å². The standard InChI is InChI=1S/C10H14N4O2S/c1-11-10(17)13-7-6-12-8-2-4-9(5-3-8)14(15)16/h2-5,12H,6-7H2,1H3,(H2,11,13,17). The van der Waals surface area contributed by atoms with Crippen LogP contribution in [0.2, 0.25) is 0 Å². The Bertz CT molecular complexity index is 394. The van der Waals surface area contributed by atoms with Crippen LogP contribution in [-0.2, 0) is 0 Å². The molecule has 0 heterocycles. The number of benzene rings is 1. The van der Waals surface area contributed by atoms with Crippen LogP contribution in [0.15, 0.2) is 24.3 Å². The third-order valence-corrected chi connectivity index (χ3v) is 2.39. The number of anilines is 1. The maximum absolute atomic E-state index is 10.4. The molecule has 0 atom stereocenters. The van der Waals surface area contributed by atoms with Gasteiger partial charge < -0.3 is 16.0 Å². The molecule has 1 aromatic rings. The van der Waals surface area contributed by atoms with E-state index in [0.29, 0.717) is 18.2 Å². The monoisotopic (exact) mass is 254 g/mol. The van der Waals surface area contributed by atoms with Crippen molar-refractivity contribution < 1.29 is 4.92 Å². The topological polar surface area (TPSA) is 79.2 Å². The summed E-state index contributed by atoms with van der Waals surface area (Å²) in [5.74, 6) is 0. The Morgan fingerprint density at radius 3 is 2.53 bits per heavy atom. The van der Waals surface area contributed by atoms with Crippen LogP contribution < -0.4 is 16.0 Å². The molecular weight excluding hydrogens is 240 g/mol. The first-order valence-electron chi connectivity index (χ1n) is 5.07. The van der Waals surface area contributed by atoms with Gasteiger partial charge in [0, 0.05) is 38.0 Å². The zero-order valence-corrected chi connectivity index (χ0v) is 10.2. The second kappa shape index (κ2) is 6.64. The van der Waals surface area contributed by atoms with Crippen LogP contribution in [0.1, 0.15) is 0 Å². The summed E-state index contributed by atoms with van der Waals surface area (Å²) < 4.78 is 0. The molecule has 0 saturated carbocycles. The largest absolute Gasteiger partial charge is 0.383 e. The second-order valence-electron chi connectivity index (χ2n) is 3.24. The molecule has 0 amide bonds. The lowest BCUT2D eigenvalue weighted by molar-refractivity contribution is -0.384. The summed E-state index contributed by atoms with van der Waals surface area (Å²) in [4.78, 5) is 10.0. The first-order chi connectivity index (χ1) is 8.13. The second-order valence-corrected chi connectivity index (χ2v) is 3.64. The predicted molar refractivity (Wildman–Crippen MR) is 71.2 cm³/mol. The van der Waals surface area contributed by atoms with E-state index in [2.05, 4.69) is 16.0 Å². The third-order valence-electron chi connectivity index (χ3n) is 2.04. The molecule has 0 unspecified atom stereocenters. The summed E-state index contributed by atoms with van der Waals surface area (Å²) in [5.41, 5.74) is 0.929. The fraction of sp³-hybridized carbons (Fsp3) is 0.300. The zero-order valence-electron chi connectivity index (χ0n) is 9.40. The van der Waals surface area contributed by atoms with Crippen molar-refractivity contribution in [3.63, 3.8) is 0 Å². The molecule has 0 aliphatic heterocycles. The number of thiocarbonyl (C=S) groups is 1. The highest BCUT2D eigenvalue weighted by Crippen LogP contribution is 2.14. The van der Waals surface area contributed by atoms with E-state index in [9.17, 15) is 10.1 Å². The minimum atomic E-state index is -0.420. The quantitative estimate of drug-likeness (QED) is 0.316. The summed E-state index contributed by atoms with van der Waals surface area (Å²) in [6.45, 7) is 1.36. The highest BCUT2D eigenvalue weighted by Gasteiger charge is 2.02. The number of nitrogens with zero attached hydrogens (tertiary/aromatic N) is 1. The molecule has 6 nitrogen and oxygen atoms in total. The fourth-order valence-corrected chi connectivity index (χ4v) is 1.27. The molecule has 3 N–H and O–H groups in total. The molecule has 0 aliphatic carbocycles. The summed E-state index contributed by atoms with van der Waals surface area (Å²) in [7, 11) is 1.75. The predicted octanol–water partition coefficient (Wildman–Crippen LogP) is 1.10. The van der Waals surface area contributed by atoms with Gasteiger partial charge in [-0.2, -0.15) is 0 Å². The van der Waals surface area contributed by atoms with Gasteiger partial charge >= 0.3 is 0 Å². The lowest BCUT2D eigenvalue weighted by atomic mass is 10.3. The molecule has 0 fully saturated rings. The zero-order chi connectivity index (χ0) is 12.7. The van der Waals surface area contributed by atoms with Gasteiger partial charge in [-0.1, -0.05) is 0 Å². The van der Waals surface area contributed by atoms with Crippen LogP contribution in [0.4, 0.5) is 11.4 Å². The van der Waals surface area contributed by atoms with Crippen molar-refractivity contribution in [3.05, 3.63) is 34.4 Å². The highest BCUT2D eigenvalue weighted by molar-refractivity contribution is 7.80. The van der Waals surface area contributed by atoms with Gasteiger partial charge in [0.05, 0.1) is 4.92 Å². The first-order valence-corrected chi connectivity index (χ1v) is 5.48. The fourth-order valence-electron chi connectivity index (χ4n) is 1.17. The summed E-state index contributed by atoms with van der Waals surface area (Å²) in [6.07, 6.45) is 0. The Kier molecular flexibility index (Phi) is 5.15. The van der Waals surface area contributed by atoms with Gasteiger partial charge in [0.1, 0.15) is 0 Å². The molecule has 7 heteroatoms. The molecule has 0 radical (unpaired) electrons. The first kappa shape index (κ1) is 13.2. The van der Waals surface area contributed by atoms with E-state index in [1.54, 1.807) is 19.2 Å². The number of hydrogen-bond donors (Lipinski definition) is 3. The molecular formula is C10H14N4O2S. The Balaban J connectivity index is 2.32. The molecule has 0 aliphatic rings. The normalized spacial score (nSPS) is 9.47. The average molecular weight is 254 g/mol. The molecule has 1 aromatic carbocycles. The summed E-state index contributed by atoms with van der Waals surface area (Å²) in [6, 6.07) is 6.28. The van der Waals surface area contributed by atoms with Crippen LogP contribution in [0.5, 0.6) is 0 Å². The Hall–Kier alpha value is -1.89. The maximum Gasteiger partial charge on any atom is 0.269 e. The maximum atomic E-state index is 10.4. The molecule has 92 valence electrons. The number of nitro benzene ring substituents is 1. The molecule has 17 heavy (non-hydrogen) atoms. The number of hydrogen-bond acceptors (Lipinski definition) is 4. The SMILES string of the molecule is CNC(=S)NCCNc1ccc([N+](=O)[O-])cc1. The number of nitrogens with one attached hydrogen (secondary N) is 3. The molecule has 0 spiro atoms. The average Bonchev–Trinajstić information content (AvgIpc) is 2.34. The van der Waals surface area contributed by atoms with Crippen molar-refractivity contribution in [1.82, 2.24) is 10.6 Å². The van der Waals surface area contributed by atoms with Crippen LogP contribution in [-0.4, -0.2) is 30.2 Å². The van der Waals surface area contributed by atoms with Crippen LogP contribution in [0.25, 0.3) is 0 Å². The van der Waals surface area contributed by atoms with E-state index in [4.69, 9.17) is 12.2 Å². The summed E-state index contributed by atoms with van der Waals surface area (Å²) >= 11 is 4.91. The van der Waals surface area contributed by atoms with Crippen molar-refractivity contribution in [2.24, 2.45) is 0 Å². The van der Waals surface area contributed by atoms with Crippen molar-refractivity contribution in [2.75, 3.05) is 25.5 Å². The Labute approximate surface area is 105 Å². The lowest BCUT2D eigenvalue weighted by Crippen LogP contribution is -2.35. The van der Waals surface area contributed by atoms with Gasteiger partial charge in [-0.05, 0) is 24.4 Å². The van der Waals surface area contributed by atoms with Gasteiger partial charge in [-0.25, -0.2) is 0 Å². The lowest BCUT2D eigenvalue weighted by Gasteiger charge is -2.08. The molecule has 1 rings (SSSR count). The van der Waals surface area contributed by atoms with Crippen molar-refractivity contribution in [2.45, 2.75) is 0 Å². The van der Waals surface area contributed by atoms with Gasteiger partial charge in [-0.3, -0.25) is 10.1 Å². The minimum Gasteiger partial charge on any atom is -0.383 e. The summed E-state index contributed by atoms with van der Waals surface area (Å²) in [5, 5.41) is 19.9. The van der Waals surface area contributed by atoms with Crippen molar-refractivity contribution >= 4 is 28.7 Å². The molecule has 0 bridgehead atoms. The van der Waals surface area contributed by atoms with E-state index in [0.717, 1.165) is 5.69 Å². The Morgan fingerprint density at radius 2 is 2.00 bits per heavy atom. The van der Waals surface area contributed by atoms with E-state index in [-0.39, 0.29) is 5.69 Å². The number of nitro groups is 1. The molecule has 0 aromatic heterocycles.